The van der Waals surface area contributed by atoms with E-state index in [0.29, 0.717) is 29.2 Å². The van der Waals surface area contributed by atoms with Crippen molar-refractivity contribution in [2.45, 2.75) is 19.9 Å². The first-order valence-electron chi connectivity index (χ1n) is 6.51. The Bertz CT molecular complexity index is 715. The van der Waals surface area contributed by atoms with Crippen molar-refractivity contribution in [1.29, 1.82) is 5.26 Å². The van der Waals surface area contributed by atoms with Crippen LogP contribution in [0.1, 0.15) is 29.4 Å². The molecule has 0 aliphatic carbocycles. The number of nitriles is 1. The molecule has 0 bridgehead atoms. The number of amides is 1. The van der Waals surface area contributed by atoms with Gasteiger partial charge >= 0.3 is 0 Å². The zero-order valence-corrected chi connectivity index (χ0v) is 13.1. The molecule has 0 unspecified atom stereocenters. The highest BCUT2D eigenvalue weighted by Crippen LogP contribution is 2.22. The molecule has 0 saturated carbocycles. The quantitative estimate of drug-likeness (QED) is 0.889. The van der Waals surface area contributed by atoms with Crippen LogP contribution in [-0.2, 0) is 6.54 Å². The Labute approximate surface area is 131 Å². The fourth-order valence-electron chi connectivity index (χ4n) is 2.05. The summed E-state index contributed by atoms with van der Waals surface area (Å²) in [5.41, 5.74) is 7.67. The van der Waals surface area contributed by atoms with Gasteiger partial charge in [0, 0.05) is 17.2 Å². The number of nitrogens with two attached hydrogens (primary N) is 1. The molecule has 6 heteroatoms. The van der Waals surface area contributed by atoms with Gasteiger partial charge in [-0.1, -0.05) is 22.9 Å². The molecule has 2 rings (SSSR count). The molecule has 0 aliphatic heterocycles. The molecule has 1 aromatic carbocycles. The van der Waals surface area contributed by atoms with Crippen LogP contribution >= 0.6 is 15.9 Å². The van der Waals surface area contributed by atoms with Gasteiger partial charge in [0.25, 0.3) is 5.91 Å². The van der Waals surface area contributed by atoms with Gasteiger partial charge in [0.05, 0.1) is 16.9 Å². The van der Waals surface area contributed by atoms with E-state index < -0.39 is 0 Å². The summed E-state index contributed by atoms with van der Waals surface area (Å²) in [5, 5.41) is 11.9. The predicted molar refractivity (Wildman–Crippen MR) is 85.9 cm³/mol. The number of benzene rings is 1. The fraction of sp³-hybridized carbons (Fsp3) is 0.200. The van der Waals surface area contributed by atoms with Crippen LogP contribution in [0.25, 0.3) is 0 Å². The van der Waals surface area contributed by atoms with Crippen LogP contribution in [0.2, 0.25) is 0 Å². The highest BCUT2D eigenvalue weighted by Gasteiger charge is 2.14. The number of nitrogens with one attached hydrogen (secondary N) is 1. The van der Waals surface area contributed by atoms with E-state index in [1.807, 2.05) is 11.5 Å². The first kappa shape index (κ1) is 15.1. The zero-order valence-electron chi connectivity index (χ0n) is 11.6. The smallest absolute Gasteiger partial charge is 0.272 e. The number of nitrogens with zero attached hydrogens (tertiary/aromatic N) is 2. The van der Waals surface area contributed by atoms with Crippen molar-refractivity contribution in [2.75, 3.05) is 11.1 Å². The van der Waals surface area contributed by atoms with Gasteiger partial charge in [-0.3, -0.25) is 4.79 Å². The summed E-state index contributed by atoms with van der Waals surface area (Å²) in [5.74, 6) is -0.283. The normalized spacial score (nSPS) is 10.1. The minimum atomic E-state index is -0.283. The first-order valence-corrected chi connectivity index (χ1v) is 7.31. The molecule has 0 aliphatic rings. The number of aromatic nitrogens is 1. The van der Waals surface area contributed by atoms with Crippen molar-refractivity contribution in [2.24, 2.45) is 0 Å². The van der Waals surface area contributed by atoms with Crippen LogP contribution in [0, 0.1) is 11.3 Å². The summed E-state index contributed by atoms with van der Waals surface area (Å²) in [7, 11) is 0. The molecule has 0 radical (unpaired) electrons. The molecule has 3 N–H and O–H groups in total. The molecule has 0 fully saturated rings. The topological polar surface area (TPSA) is 83.8 Å². The molecule has 0 spiro atoms. The minimum absolute atomic E-state index is 0.283. The Morgan fingerprint density at radius 2 is 2.24 bits per heavy atom. The molecular weight excluding hydrogens is 332 g/mol. The number of aryl methyl sites for hydroxylation is 1. The second-order valence-electron chi connectivity index (χ2n) is 4.61. The lowest BCUT2D eigenvalue weighted by Gasteiger charge is -2.10. The fourth-order valence-corrected chi connectivity index (χ4v) is 2.41. The predicted octanol–water partition coefficient (Wildman–Crippen LogP) is 3.37. The molecule has 0 saturated heterocycles. The van der Waals surface area contributed by atoms with Gasteiger partial charge in [0.2, 0.25) is 0 Å². The Hall–Kier alpha value is -2.26. The summed E-state index contributed by atoms with van der Waals surface area (Å²) in [6.45, 7) is 2.74. The van der Waals surface area contributed by atoms with E-state index in [1.165, 1.54) is 0 Å². The second kappa shape index (κ2) is 6.46. The number of hydrogen-bond acceptors (Lipinski definition) is 3. The van der Waals surface area contributed by atoms with E-state index in [9.17, 15) is 4.79 Å². The molecule has 1 amide bonds. The third-order valence-corrected chi connectivity index (χ3v) is 3.46. The van der Waals surface area contributed by atoms with E-state index in [-0.39, 0.29) is 5.91 Å². The molecule has 21 heavy (non-hydrogen) atoms. The Balaban J connectivity index is 2.30. The third-order valence-electron chi connectivity index (χ3n) is 2.97. The zero-order chi connectivity index (χ0) is 15.4. The monoisotopic (exact) mass is 346 g/mol. The summed E-state index contributed by atoms with van der Waals surface area (Å²) >= 11 is 3.33. The van der Waals surface area contributed by atoms with Crippen molar-refractivity contribution in [3.8, 4) is 6.07 Å². The first-order chi connectivity index (χ1) is 10.0. The maximum atomic E-state index is 12.4. The lowest BCUT2D eigenvalue weighted by atomic mass is 10.2. The molecule has 0 atom stereocenters. The van der Waals surface area contributed by atoms with Crippen molar-refractivity contribution in [3.05, 3.63) is 46.2 Å². The number of carbonyl (C=O) groups is 1. The van der Waals surface area contributed by atoms with Crippen LogP contribution in [-0.4, -0.2) is 10.5 Å². The van der Waals surface area contributed by atoms with Gasteiger partial charge in [0.1, 0.15) is 11.8 Å². The van der Waals surface area contributed by atoms with Gasteiger partial charge in [0.15, 0.2) is 0 Å². The lowest BCUT2D eigenvalue weighted by Crippen LogP contribution is -2.17. The number of carbonyl (C=O) groups excluding carboxylic acids is 1. The van der Waals surface area contributed by atoms with E-state index in [2.05, 4.69) is 27.3 Å². The Kier molecular flexibility index (Phi) is 4.66. The number of nitrogen functional groups attached to an aromatic ring is 1. The average molecular weight is 347 g/mol. The van der Waals surface area contributed by atoms with Crippen molar-refractivity contribution < 1.29 is 4.79 Å². The minimum Gasteiger partial charge on any atom is -0.397 e. The second-order valence-corrected chi connectivity index (χ2v) is 5.52. The van der Waals surface area contributed by atoms with Gasteiger partial charge in [-0.05, 0) is 30.7 Å². The number of rotatable bonds is 4. The average Bonchev–Trinajstić information content (AvgIpc) is 2.80. The Morgan fingerprint density at radius 3 is 2.90 bits per heavy atom. The van der Waals surface area contributed by atoms with E-state index in [1.54, 1.807) is 30.5 Å². The van der Waals surface area contributed by atoms with Crippen LogP contribution in [0.5, 0.6) is 0 Å². The molecule has 5 nitrogen and oxygen atoms in total. The Morgan fingerprint density at radius 1 is 1.48 bits per heavy atom. The van der Waals surface area contributed by atoms with Crippen molar-refractivity contribution >= 4 is 33.2 Å². The van der Waals surface area contributed by atoms with E-state index in [4.69, 9.17) is 11.0 Å². The van der Waals surface area contributed by atoms with Gasteiger partial charge in [-0.15, -0.1) is 0 Å². The van der Waals surface area contributed by atoms with Crippen molar-refractivity contribution in [1.82, 2.24) is 4.57 Å². The molecule has 2 aromatic rings. The highest BCUT2D eigenvalue weighted by molar-refractivity contribution is 9.10. The van der Waals surface area contributed by atoms with Crippen LogP contribution in [0.3, 0.4) is 0 Å². The molecule has 1 heterocycles. The van der Waals surface area contributed by atoms with E-state index >= 15 is 0 Å². The van der Waals surface area contributed by atoms with Crippen molar-refractivity contribution in [3.63, 3.8) is 0 Å². The summed E-state index contributed by atoms with van der Waals surface area (Å²) in [6.07, 6.45) is 2.64. The highest BCUT2D eigenvalue weighted by atomic mass is 79.9. The van der Waals surface area contributed by atoms with Gasteiger partial charge in [-0.2, -0.15) is 5.26 Å². The van der Waals surface area contributed by atoms with Crippen LogP contribution in [0.15, 0.2) is 34.9 Å². The SMILES string of the molecule is CCCn1cc(N)cc1C(=O)Nc1cc(Br)ccc1C#N. The summed E-state index contributed by atoms with van der Waals surface area (Å²) < 4.78 is 2.61. The van der Waals surface area contributed by atoms with Crippen LogP contribution in [0.4, 0.5) is 11.4 Å². The largest absolute Gasteiger partial charge is 0.397 e. The molecule has 108 valence electrons. The third kappa shape index (κ3) is 3.44. The molecular formula is C15H15BrN4O. The standard InChI is InChI=1S/C15H15BrN4O/c1-2-5-20-9-12(18)7-14(20)15(21)19-13-6-11(16)4-3-10(13)8-17/h3-4,6-7,9H,2,5,18H2,1H3,(H,19,21). The van der Waals surface area contributed by atoms with Gasteiger partial charge in [-0.25, -0.2) is 0 Å². The number of hydrogen-bond donors (Lipinski definition) is 2. The van der Waals surface area contributed by atoms with Gasteiger partial charge < -0.3 is 15.6 Å². The number of halogens is 1. The maximum absolute atomic E-state index is 12.4. The lowest BCUT2D eigenvalue weighted by molar-refractivity contribution is 0.101. The van der Waals surface area contributed by atoms with Crippen LogP contribution < -0.4 is 11.1 Å². The maximum Gasteiger partial charge on any atom is 0.272 e. The van der Waals surface area contributed by atoms with E-state index in [0.717, 1.165) is 10.9 Å². The number of anilines is 2. The summed E-state index contributed by atoms with van der Waals surface area (Å²) in [6, 6.07) is 8.80. The molecule has 1 aromatic heterocycles. The summed E-state index contributed by atoms with van der Waals surface area (Å²) in [4.78, 5) is 12.4.